The van der Waals surface area contributed by atoms with Crippen LogP contribution in [0.2, 0.25) is 0 Å². The molecule has 3 rings (SSSR count). The molecule has 1 aliphatic rings. The van der Waals surface area contributed by atoms with E-state index in [0.29, 0.717) is 5.03 Å². The Morgan fingerprint density at radius 2 is 2.22 bits per heavy atom. The largest absolute Gasteiger partial charge is 0.337 e. The first kappa shape index (κ1) is 16.1. The molecule has 0 saturated heterocycles. The second kappa shape index (κ2) is 6.79. The highest BCUT2D eigenvalue weighted by Crippen LogP contribution is 2.46. The summed E-state index contributed by atoms with van der Waals surface area (Å²) >= 11 is 4.37. The summed E-state index contributed by atoms with van der Waals surface area (Å²) < 4.78 is 0.855. The van der Waals surface area contributed by atoms with Crippen LogP contribution in [0.4, 0.5) is 5.69 Å². The third kappa shape index (κ3) is 3.29. The van der Waals surface area contributed by atoms with Gasteiger partial charge in [-0.2, -0.15) is 5.26 Å². The number of para-hydroxylation sites is 1. The lowest BCUT2D eigenvalue weighted by Gasteiger charge is -2.14. The smallest absolute Gasteiger partial charge is 0.186 e. The summed E-state index contributed by atoms with van der Waals surface area (Å²) in [4.78, 5) is 19.8. The van der Waals surface area contributed by atoms with E-state index in [1.54, 1.807) is 0 Å². The van der Waals surface area contributed by atoms with Crippen molar-refractivity contribution in [1.82, 2.24) is 4.98 Å². The molecule has 1 aromatic heterocycles. The Balaban J connectivity index is 1.80. The molecule has 2 heterocycles. The van der Waals surface area contributed by atoms with Gasteiger partial charge in [-0.15, -0.1) is 11.3 Å². The Kier molecular flexibility index (Phi) is 4.76. The number of thiazole rings is 1. The number of thioether (sulfide) groups is 2. The van der Waals surface area contributed by atoms with Crippen LogP contribution in [0.3, 0.4) is 0 Å². The van der Waals surface area contributed by atoms with Crippen LogP contribution >= 0.6 is 34.9 Å². The molecular weight excluding hydrogens is 346 g/mol. The van der Waals surface area contributed by atoms with Crippen LogP contribution in [-0.2, 0) is 4.79 Å². The van der Waals surface area contributed by atoms with Crippen LogP contribution in [0.25, 0.3) is 0 Å². The van der Waals surface area contributed by atoms with E-state index < -0.39 is 0 Å². The molecule has 7 heteroatoms. The van der Waals surface area contributed by atoms with Gasteiger partial charge in [0.1, 0.15) is 16.7 Å². The van der Waals surface area contributed by atoms with Crippen LogP contribution in [0.1, 0.15) is 5.69 Å². The zero-order valence-electron chi connectivity index (χ0n) is 12.6. The van der Waals surface area contributed by atoms with Gasteiger partial charge < -0.3 is 4.90 Å². The molecule has 1 aromatic carbocycles. The van der Waals surface area contributed by atoms with Crippen molar-refractivity contribution in [3.8, 4) is 6.07 Å². The fourth-order valence-corrected chi connectivity index (χ4v) is 5.03. The number of fused-ring (bicyclic) bond motifs is 1. The quantitative estimate of drug-likeness (QED) is 0.465. The number of rotatable bonds is 4. The van der Waals surface area contributed by atoms with E-state index in [1.807, 2.05) is 48.5 Å². The third-order valence-corrected chi connectivity index (χ3v) is 6.64. The Bertz CT molecular complexity index is 835. The molecule has 2 aromatic rings. The maximum absolute atomic E-state index is 12.5. The third-order valence-electron chi connectivity index (χ3n) is 3.27. The van der Waals surface area contributed by atoms with E-state index >= 15 is 0 Å². The first-order chi connectivity index (χ1) is 11.1. The van der Waals surface area contributed by atoms with Crippen LogP contribution in [0, 0.1) is 18.3 Å². The number of benzene rings is 1. The molecule has 0 radical (unpaired) electrons. The monoisotopic (exact) mass is 359 g/mol. The van der Waals surface area contributed by atoms with Gasteiger partial charge in [0, 0.05) is 23.0 Å². The number of ketones is 1. The number of nitriles is 1. The van der Waals surface area contributed by atoms with E-state index in [9.17, 15) is 10.1 Å². The predicted molar refractivity (Wildman–Crippen MR) is 95.9 cm³/mol. The highest BCUT2D eigenvalue weighted by atomic mass is 32.2. The normalized spacial score (nSPS) is 15.3. The Morgan fingerprint density at radius 3 is 2.87 bits per heavy atom. The van der Waals surface area contributed by atoms with Crippen LogP contribution in [0.15, 0.2) is 49.5 Å². The Hall–Kier alpha value is -1.75. The van der Waals surface area contributed by atoms with Crippen molar-refractivity contribution < 1.29 is 4.79 Å². The summed E-state index contributed by atoms with van der Waals surface area (Å²) in [7, 11) is 1.89. The van der Waals surface area contributed by atoms with Gasteiger partial charge in [-0.25, -0.2) is 4.98 Å². The lowest BCUT2D eigenvalue weighted by atomic mass is 10.2. The van der Waals surface area contributed by atoms with Crippen molar-refractivity contribution in [2.24, 2.45) is 0 Å². The molecule has 23 heavy (non-hydrogen) atoms. The molecule has 116 valence electrons. The molecule has 1 aliphatic heterocycles. The topological polar surface area (TPSA) is 57.0 Å². The van der Waals surface area contributed by atoms with Gasteiger partial charge >= 0.3 is 0 Å². The number of allylic oxidation sites excluding steroid dienone is 1. The number of aromatic nitrogens is 1. The predicted octanol–water partition coefficient (Wildman–Crippen LogP) is 4.09. The minimum atomic E-state index is -0.160. The summed E-state index contributed by atoms with van der Waals surface area (Å²) in [6.07, 6.45) is 0. The molecule has 0 spiro atoms. The molecule has 0 bridgehead atoms. The molecule has 0 saturated carbocycles. The van der Waals surface area contributed by atoms with Crippen molar-refractivity contribution in [3.05, 3.63) is 45.9 Å². The van der Waals surface area contributed by atoms with Gasteiger partial charge in [0.05, 0.1) is 11.4 Å². The highest BCUT2D eigenvalue weighted by Gasteiger charge is 2.27. The number of nitrogens with zero attached hydrogens (tertiary/aromatic N) is 3. The second-order valence-electron chi connectivity index (χ2n) is 4.89. The van der Waals surface area contributed by atoms with Crippen LogP contribution in [-0.4, -0.2) is 23.6 Å². The standard InChI is InChI=1S/C16H13N3OS3/c1-10-8-21-16(18-10)22-9-13(20)11(7-17)15-19(2)12-5-3-4-6-14(12)23-15/h3-6,8H,9H2,1-2H3/b15-11-. The molecular formula is C16H13N3OS3. The summed E-state index contributed by atoms with van der Waals surface area (Å²) in [5, 5.41) is 12.1. The van der Waals surface area contributed by atoms with E-state index in [-0.39, 0.29) is 17.1 Å². The highest BCUT2D eigenvalue weighted by molar-refractivity contribution is 8.04. The first-order valence-electron chi connectivity index (χ1n) is 6.83. The van der Waals surface area contributed by atoms with Crippen molar-refractivity contribution >= 4 is 46.3 Å². The van der Waals surface area contributed by atoms with E-state index in [0.717, 1.165) is 20.6 Å². The molecule has 0 fully saturated rings. The van der Waals surface area contributed by atoms with Gasteiger partial charge in [-0.05, 0) is 19.1 Å². The molecule has 0 N–H and O–H groups in total. The van der Waals surface area contributed by atoms with E-state index in [2.05, 4.69) is 11.1 Å². The number of hydrogen-bond acceptors (Lipinski definition) is 7. The van der Waals surface area contributed by atoms with Crippen molar-refractivity contribution in [2.75, 3.05) is 17.7 Å². The van der Waals surface area contributed by atoms with Gasteiger partial charge in [-0.3, -0.25) is 4.79 Å². The van der Waals surface area contributed by atoms with Crippen molar-refractivity contribution in [1.29, 1.82) is 5.26 Å². The first-order valence-corrected chi connectivity index (χ1v) is 9.51. The fraction of sp³-hybridized carbons (Fsp3) is 0.188. The number of anilines is 1. The number of Topliss-reactive ketones (excluding diaryl/α,β-unsaturated/α-hetero) is 1. The van der Waals surface area contributed by atoms with Gasteiger partial charge in [0.25, 0.3) is 0 Å². The van der Waals surface area contributed by atoms with Crippen molar-refractivity contribution in [3.63, 3.8) is 0 Å². The average Bonchev–Trinajstić information content (AvgIpc) is 3.11. The zero-order chi connectivity index (χ0) is 16.4. The lowest BCUT2D eigenvalue weighted by molar-refractivity contribution is -0.112. The average molecular weight is 360 g/mol. The number of hydrogen-bond donors (Lipinski definition) is 0. The molecule has 0 aliphatic carbocycles. The number of aryl methyl sites for hydroxylation is 1. The molecule has 0 unspecified atom stereocenters. The minimum Gasteiger partial charge on any atom is -0.337 e. The molecule has 0 amide bonds. The maximum Gasteiger partial charge on any atom is 0.186 e. The van der Waals surface area contributed by atoms with Crippen molar-refractivity contribution in [2.45, 2.75) is 16.2 Å². The zero-order valence-corrected chi connectivity index (χ0v) is 15.0. The second-order valence-corrected chi connectivity index (χ2v) is 8.00. The van der Waals surface area contributed by atoms with Crippen LogP contribution in [0.5, 0.6) is 0 Å². The summed E-state index contributed by atoms with van der Waals surface area (Å²) in [6, 6.07) is 9.98. The SMILES string of the molecule is Cc1csc(SCC(=O)/C(C#N)=C2\Sc3ccccc3N2C)n1. The summed E-state index contributed by atoms with van der Waals surface area (Å²) in [5.74, 6) is 0.0666. The molecule has 0 atom stereocenters. The number of carbonyl (C=O) groups excluding carboxylic acids is 1. The summed E-state index contributed by atoms with van der Waals surface area (Å²) in [5.41, 5.74) is 2.19. The minimum absolute atomic E-state index is 0.160. The van der Waals surface area contributed by atoms with E-state index in [1.165, 1.54) is 34.9 Å². The van der Waals surface area contributed by atoms with Gasteiger partial charge in [0.15, 0.2) is 10.1 Å². The maximum atomic E-state index is 12.5. The van der Waals surface area contributed by atoms with Gasteiger partial charge in [-0.1, -0.05) is 35.7 Å². The Labute approximate surface area is 147 Å². The van der Waals surface area contributed by atoms with Crippen LogP contribution < -0.4 is 4.90 Å². The summed E-state index contributed by atoms with van der Waals surface area (Å²) in [6.45, 7) is 1.92. The molecule has 4 nitrogen and oxygen atoms in total. The van der Waals surface area contributed by atoms with E-state index in [4.69, 9.17) is 0 Å². The van der Waals surface area contributed by atoms with Gasteiger partial charge in [0.2, 0.25) is 0 Å². The lowest BCUT2D eigenvalue weighted by Crippen LogP contribution is -2.16. The fourth-order valence-electron chi connectivity index (χ4n) is 2.15. The number of carbonyl (C=O) groups is 1. The Morgan fingerprint density at radius 1 is 1.43 bits per heavy atom.